The molecule has 2 N–H and O–H groups in total. The third-order valence-electron chi connectivity index (χ3n) is 3.86. The van der Waals surface area contributed by atoms with Crippen LogP contribution in [-0.4, -0.2) is 71.9 Å². The lowest BCUT2D eigenvalue weighted by Crippen LogP contribution is -2.41. The highest BCUT2D eigenvalue weighted by atomic mass is 16.5. The van der Waals surface area contributed by atoms with Crippen LogP contribution in [-0.2, 0) is 16.6 Å². The van der Waals surface area contributed by atoms with Crippen molar-refractivity contribution < 1.29 is 9.53 Å². The number of amides is 1. The minimum Gasteiger partial charge on any atom is -0.383 e. The van der Waals surface area contributed by atoms with Crippen LogP contribution in [0.25, 0.3) is 0 Å². The summed E-state index contributed by atoms with van der Waals surface area (Å²) in [5.41, 5.74) is 6.84. The first kappa shape index (κ1) is 15.9. The Kier molecular flexibility index (Phi) is 5.72. The molecule has 21 heavy (non-hydrogen) atoms. The highest BCUT2D eigenvalue weighted by molar-refractivity contribution is 5.83. The summed E-state index contributed by atoms with van der Waals surface area (Å²) in [6.45, 7) is 4.98. The zero-order valence-corrected chi connectivity index (χ0v) is 12.9. The van der Waals surface area contributed by atoms with Crippen LogP contribution in [0.4, 0.5) is 0 Å². The van der Waals surface area contributed by atoms with Crippen LogP contribution >= 0.6 is 0 Å². The van der Waals surface area contributed by atoms with Crippen molar-refractivity contribution in [2.24, 2.45) is 12.8 Å². The van der Waals surface area contributed by atoms with Gasteiger partial charge in [0.05, 0.1) is 12.8 Å². The first-order valence-electron chi connectivity index (χ1n) is 7.36. The van der Waals surface area contributed by atoms with Gasteiger partial charge in [0.25, 0.3) is 0 Å². The van der Waals surface area contributed by atoms with E-state index >= 15 is 0 Å². The van der Waals surface area contributed by atoms with Gasteiger partial charge in [0.1, 0.15) is 6.04 Å². The van der Waals surface area contributed by atoms with Gasteiger partial charge in [-0.25, -0.2) is 0 Å². The molecule has 0 aliphatic carbocycles. The molecule has 1 aromatic rings. The predicted octanol–water partition coefficient (Wildman–Crippen LogP) is -0.399. The Hall–Kier alpha value is -1.44. The first-order valence-corrected chi connectivity index (χ1v) is 7.36. The third-order valence-corrected chi connectivity index (χ3v) is 3.86. The highest BCUT2D eigenvalue weighted by Crippen LogP contribution is 2.14. The van der Waals surface area contributed by atoms with Gasteiger partial charge in [0.15, 0.2) is 0 Å². The van der Waals surface area contributed by atoms with Crippen LogP contribution in [0.3, 0.4) is 0 Å². The summed E-state index contributed by atoms with van der Waals surface area (Å²) in [6, 6.07) is -0.621. The van der Waals surface area contributed by atoms with Crippen molar-refractivity contribution in [2.75, 3.05) is 46.4 Å². The van der Waals surface area contributed by atoms with E-state index in [1.807, 2.05) is 11.9 Å². The molecule has 1 atom stereocenters. The second kappa shape index (κ2) is 7.53. The summed E-state index contributed by atoms with van der Waals surface area (Å²) >= 11 is 0. The monoisotopic (exact) mass is 295 g/mol. The number of aryl methyl sites for hydroxylation is 1. The Labute approximate surface area is 125 Å². The van der Waals surface area contributed by atoms with Gasteiger partial charge in [-0.2, -0.15) is 5.10 Å². The Bertz CT molecular complexity index is 462. The van der Waals surface area contributed by atoms with Gasteiger partial charge in [-0.1, -0.05) is 0 Å². The molecule has 1 amide bonds. The van der Waals surface area contributed by atoms with Crippen molar-refractivity contribution in [3.63, 3.8) is 0 Å². The molecule has 0 bridgehead atoms. The minimum atomic E-state index is -0.621. The number of aromatic nitrogens is 2. The number of carbonyl (C=O) groups excluding carboxylic acids is 1. The molecule has 1 unspecified atom stereocenters. The van der Waals surface area contributed by atoms with E-state index in [4.69, 9.17) is 10.5 Å². The maximum atomic E-state index is 12.5. The average molecular weight is 295 g/mol. The summed E-state index contributed by atoms with van der Waals surface area (Å²) in [5.74, 6) is -0.0170. The maximum Gasteiger partial charge on any atom is 0.244 e. The lowest BCUT2D eigenvalue weighted by Gasteiger charge is -2.24. The molecule has 1 saturated heterocycles. The fourth-order valence-electron chi connectivity index (χ4n) is 2.58. The highest BCUT2D eigenvalue weighted by Gasteiger charge is 2.25. The number of carbonyl (C=O) groups is 1. The van der Waals surface area contributed by atoms with E-state index < -0.39 is 6.04 Å². The fraction of sp³-hybridized carbons (Fsp3) is 0.714. The van der Waals surface area contributed by atoms with E-state index in [0.717, 1.165) is 51.3 Å². The van der Waals surface area contributed by atoms with E-state index in [-0.39, 0.29) is 5.91 Å². The number of nitrogens with zero attached hydrogens (tertiary/aromatic N) is 4. The second-order valence-electron chi connectivity index (χ2n) is 5.44. The second-order valence-corrected chi connectivity index (χ2v) is 5.44. The molecular weight excluding hydrogens is 270 g/mol. The summed E-state index contributed by atoms with van der Waals surface area (Å²) < 4.78 is 6.77. The maximum absolute atomic E-state index is 12.5. The summed E-state index contributed by atoms with van der Waals surface area (Å²) in [6.07, 6.45) is 4.42. The lowest BCUT2D eigenvalue weighted by atomic mass is 10.1. The Balaban J connectivity index is 1.90. The Morgan fingerprint density at radius 1 is 1.43 bits per heavy atom. The van der Waals surface area contributed by atoms with Crippen LogP contribution < -0.4 is 5.73 Å². The number of hydrogen-bond donors (Lipinski definition) is 1. The van der Waals surface area contributed by atoms with E-state index in [1.165, 1.54) is 0 Å². The van der Waals surface area contributed by atoms with Crippen molar-refractivity contribution in [1.82, 2.24) is 19.6 Å². The summed E-state index contributed by atoms with van der Waals surface area (Å²) in [4.78, 5) is 16.7. The van der Waals surface area contributed by atoms with Crippen LogP contribution in [0.1, 0.15) is 18.0 Å². The van der Waals surface area contributed by atoms with Crippen molar-refractivity contribution in [3.05, 3.63) is 18.0 Å². The number of methoxy groups -OCH3 is 1. The SMILES string of the molecule is COCCN1CCCN(C(=O)C(N)c2cnn(C)c2)CC1. The molecule has 118 valence electrons. The molecule has 0 saturated carbocycles. The van der Waals surface area contributed by atoms with Gasteiger partial charge in [0, 0.05) is 52.1 Å². The van der Waals surface area contributed by atoms with Crippen molar-refractivity contribution >= 4 is 5.91 Å². The van der Waals surface area contributed by atoms with Crippen LogP contribution in [0.5, 0.6) is 0 Å². The van der Waals surface area contributed by atoms with Gasteiger partial charge in [-0.3, -0.25) is 14.4 Å². The largest absolute Gasteiger partial charge is 0.383 e. The molecule has 0 spiro atoms. The molecule has 7 heteroatoms. The van der Waals surface area contributed by atoms with E-state index in [0.29, 0.717) is 0 Å². The number of hydrogen-bond acceptors (Lipinski definition) is 5. The molecular formula is C14H25N5O2. The summed E-state index contributed by atoms with van der Waals surface area (Å²) in [7, 11) is 3.53. The molecule has 0 radical (unpaired) electrons. The van der Waals surface area contributed by atoms with Gasteiger partial charge in [-0.05, 0) is 13.0 Å². The molecule has 2 heterocycles. The normalized spacial score (nSPS) is 18.5. The van der Waals surface area contributed by atoms with Crippen LogP contribution in [0.15, 0.2) is 12.4 Å². The lowest BCUT2D eigenvalue weighted by molar-refractivity contribution is -0.132. The standard InChI is InChI=1S/C14H25N5O2/c1-17-11-12(10-16-17)13(15)14(20)19-5-3-4-18(6-7-19)8-9-21-2/h10-11,13H,3-9,15H2,1-2H3. The third kappa shape index (κ3) is 4.26. The molecule has 1 aromatic heterocycles. The van der Waals surface area contributed by atoms with Crippen molar-refractivity contribution in [1.29, 1.82) is 0 Å². The number of rotatable bonds is 5. The molecule has 7 nitrogen and oxygen atoms in total. The quantitative estimate of drug-likeness (QED) is 0.800. The zero-order valence-electron chi connectivity index (χ0n) is 12.9. The molecule has 1 aliphatic heterocycles. The smallest absolute Gasteiger partial charge is 0.244 e. The molecule has 0 aromatic carbocycles. The van der Waals surface area contributed by atoms with E-state index in [2.05, 4.69) is 10.00 Å². The fourth-order valence-corrected chi connectivity index (χ4v) is 2.58. The van der Waals surface area contributed by atoms with E-state index in [9.17, 15) is 4.79 Å². The predicted molar refractivity (Wildman–Crippen MR) is 79.6 cm³/mol. The Morgan fingerprint density at radius 3 is 2.90 bits per heavy atom. The van der Waals surface area contributed by atoms with E-state index in [1.54, 1.807) is 24.2 Å². The topological polar surface area (TPSA) is 76.6 Å². The molecule has 1 fully saturated rings. The number of nitrogens with two attached hydrogens (primary N) is 1. The molecule has 2 rings (SSSR count). The van der Waals surface area contributed by atoms with Crippen molar-refractivity contribution in [2.45, 2.75) is 12.5 Å². The van der Waals surface area contributed by atoms with Gasteiger partial charge in [-0.15, -0.1) is 0 Å². The van der Waals surface area contributed by atoms with Crippen molar-refractivity contribution in [3.8, 4) is 0 Å². The zero-order chi connectivity index (χ0) is 15.2. The van der Waals surface area contributed by atoms with Crippen LogP contribution in [0, 0.1) is 0 Å². The van der Waals surface area contributed by atoms with Crippen LogP contribution in [0.2, 0.25) is 0 Å². The van der Waals surface area contributed by atoms with Gasteiger partial charge < -0.3 is 15.4 Å². The summed E-state index contributed by atoms with van der Waals surface area (Å²) in [5, 5.41) is 4.07. The first-order chi connectivity index (χ1) is 10.1. The average Bonchev–Trinajstić information content (AvgIpc) is 2.78. The van der Waals surface area contributed by atoms with Gasteiger partial charge in [0.2, 0.25) is 5.91 Å². The number of ether oxygens (including phenoxy) is 1. The van der Waals surface area contributed by atoms with Gasteiger partial charge >= 0.3 is 0 Å². The molecule has 1 aliphatic rings. The Morgan fingerprint density at radius 2 is 2.24 bits per heavy atom. The minimum absolute atomic E-state index is 0.0170.